The molecule has 0 aliphatic heterocycles. The number of benzene rings is 6. The first-order chi connectivity index (χ1) is 23.2. The van der Waals surface area contributed by atoms with E-state index in [1.165, 1.54) is 12.1 Å². The molecule has 0 saturated heterocycles. The zero-order valence-electron chi connectivity index (χ0n) is 25.9. The van der Waals surface area contributed by atoms with Crippen LogP contribution in [0, 0.1) is 27.7 Å². The number of furan rings is 2. The second-order valence-corrected chi connectivity index (χ2v) is 11.3. The monoisotopic (exact) mass is 717 g/mol. The van der Waals surface area contributed by atoms with Gasteiger partial charge in [-0.1, -0.05) is 97.1 Å². The van der Waals surface area contributed by atoms with Gasteiger partial charge in [-0.25, -0.2) is 0 Å². The molecule has 2 aromatic heterocycles. The average Bonchev–Trinajstić information content (AvgIpc) is 3.67. The Kier molecular flexibility index (Phi) is 10.5. The molecule has 8 aromatic rings. The molecule has 2 heterocycles. The number of nitrogens with zero attached hydrogens (tertiary/aromatic N) is 2. The Morgan fingerprint density at radius 2 is 0.980 bits per heavy atom. The fourth-order valence-electron chi connectivity index (χ4n) is 5.39. The lowest BCUT2D eigenvalue weighted by Crippen LogP contribution is -2.29. The van der Waals surface area contributed by atoms with Crippen molar-refractivity contribution in [3.8, 4) is 11.1 Å². The van der Waals surface area contributed by atoms with E-state index in [1.54, 1.807) is 48.5 Å². The van der Waals surface area contributed by atoms with Crippen LogP contribution in [0.25, 0.3) is 55.0 Å². The molecular weight excluding hydrogens is 691 g/mol. The van der Waals surface area contributed by atoms with E-state index in [0.29, 0.717) is 26.7 Å². The predicted octanol–water partition coefficient (Wildman–Crippen LogP) is 9.23. The van der Waals surface area contributed by atoms with Gasteiger partial charge in [0.25, 0.3) is 11.4 Å². The van der Waals surface area contributed by atoms with Gasteiger partial charge in [-0.2, -0.15) is 0 Å². The fourth-order valence-corrected chi connectivity index (χ4v) is 5.82. The van der Waals surface area contributed by atoms with Crippen molar-refractivity contribution in [3.63, 3.8) is 0 Å². The van der Waals surface area contributed by atoms with Crippen LogP contribution in [-0.2, 0) is 0 Å². The van der Waals surface area contributed by atoms with E-state index < -0.39 is 12.0 Å². The number of rotatable bonds is 4. The summed E-state index contributed by atoms with van der Waals surface area (Å²) < 4.78 is 12.1. The van der Waals surface area contributed by atoms with Crippen LogP contribution in [-0.4, -0.2) is 27.0 Å². The molecular formula is C37H27BBrN2O8-. The molecule has 0 radical (unpaired) electrons. The van der Waals surface area contributed by atoms with E-state index in [1.807, 2.05) is 72.8 Å². The van der Waals surface area contributed by atoms with Gasteiger partial charge >= 0.3 is 7.12 Å². The van der Waals surface area contributed by atoms with Gasteiger partial charge in [0.2, 0.25) is 0 Å². The van der Waals surface area contributed by atoms with Gasteiger partial charge in [0.1, 0.15) is 22.3 Å². The molecule has 49 heavy (non-hydrogen) atoms. The first-order valence-electron chi connectivity index (χ1n) is 14.5. The number of hydrogen-bond donors (Lipinski definition) is 2. The lowest BCUT2D eigenvalue weighted by Gasteiger charge is -2.03. The summed E-state index contributed by atoms with van der Waals surface area (Å²) >= 11 is 3.06. The van der Waals surface area contributed by atoms with Gasteiger partial charge in [0.05, 0.1) is 19.9 Å². The number of nitro groups is 2. The maximum atomic E-state index is 11.3. The first-order valence-corrected chi connectivity index (χ1v) is 15.3. The molecule has 0 fully saturated rings. The third-order valence-electron chi connectivity index (χ3n) is 7.56. The Labute approximate surface area is 288 Å². The summed E-state index contributed by atoms with van der Waals surface area (Å²) in [5, 5.41) is 43.8. The second-order valence-electron chi connectivity index (χ2n) is 10.5. The SMILES string of the molecule is O=[N+]([O-])c1ccccc1-c1cccc2c1oc1ccccc12.O=[N+]([O-])c1ccccc1Br.OB(O)c1cccc2c1oc1ccccc12.[CH3-]. The minimum absolute atomic E-state index is 0. The van der Waals surface area contributed by atoms with Crippen molar-refractivity contribution < 1.29 is 28.7 Å². The summed E-state index contributed by atoms with van der Waals surface area (Å²) in [5.74, 6) is 0. The standard InChI is InChI=1S/C18H11NO3.C12H9BO3.C6H4BrNO2.CH3/c20-19(21)16-10-3-1-6-12(16)14-8-5-9-15-13-7-2-4-11-17(13)22-18(14)15;14-13(15)10-6-3-5-9-8-4-1-2-7-11(8)16-12(9)10;7-5-3-1-2-4-6(5)8(9)10;/h1-11H;1-7,14-15H;1-4H;1H3/q;;;-1. The smallest absolute Gasteiger partial charge is 0.456 e. The van der Waals surface area contributed by atoms with Crippen molar-refractivity contribution in [1.82, 2.24) is 0 Å². The highest BCUT2D eigenvalue weighted by molar-refractivity contribution is 9.10. The van der Waals surface area contributed by atoms with Crippen LogP contribution in [0.15, 0.2) is 147 Å². The Morgan fingerprint density at radius 3 is 1.55 bits per heavy atom. The first kappa shape index (κ1) is 34.5. The highest BCUT2D eigenvalue weighted by Gasteiger charge is 2.20. The van der Waals surface area contributed by atoms with Gasteiger partial charge in [0, 0.05) is 44.7 Å². The van der Waals surface area contributed by atoms with Crippen LogP contribution in [0.4, 0.5) is 11.4 Å². The molecule has 0 saturated carbocycles. The van der Waals surface area contributed by atoms with Gasteiger partial charge in [0.15, 0.2) is 0 Å². The molecule has 0 unspecified atom stereocenters. The Morgan fingerprint density at radius 1 is 0.531 bits per heavy atom. The number of halogens is 1. The number of fused-ring (bicyclic) bond motifs is 6. The molecule has 0 amide bonds. The number of nitro benzene ring substituents is 2. The summed E-state index contributed by atoms with van der Waals surface area (Å²) in [5.41, 5.74) is 4.63. The van der Waals surface area contributed by atoms with E-state index in [2.05, 4.69) is 15.9 Å². The fraction of sp³-hybridized carbons (Fsp3) is 0. The van der Waals surface area contributed by atoms with Crippen molar-refractivity contribution in [3.05, 3.63) is 166 Å². The van der Waals surface area contributed by atoms with Gasteiger partial charge < -0.3 is 26.3 Å². The predicted molar refractivity (Wildman–Crippen MR) is 197 cm³/mol. The maximum absolute atomic E-state index is 11.3. The molecule has 0 bridgehead atoms. The third kappa shape index (κ3) is 7.07. The van der Waals surface area contributed by atoms with Crippen LogP contribution < -0.4 is 5.46 Å². The third-order valence-corrected chi connectivity index (χ3v) is 8.23. The van der Waals surface area contributed by atoms with E-state index in [9.17, 15) is 30.3 Å². The Balaban J connectivity index is 0.000000153. The summed E-state index contributed by atoms with van der Waals surface area (Å²) in [4.78, 5) is 20.7. The van der Waals surface area contributed by atoms with Crippen molar-refractivity contribution >= 4 is 83.8 Å². The molecule has 12 heteroatoms. The van der Waals surface area contributed by atoms with Crippen molar-refractivity contribution in [2.75, 3.05) is 0 Å². The van der Waals surface area contributed by atoms with Crippen molar-refractivity contribution in [2.24, 2.45) is 0 Å². The summed E-state index contributed by atoms with van der Waals surface area (Å²) in [6, 6.07) is 39.6. The van der Waals surface area contributed by atoms with Crippen LogP contribution in [0.2, 0.25) is 0 Å². The van der Waals surface area contributed by atoms with E-state index in [-0.39, 0.29) is 23.7 Å². The molecule has 0 aliphatic rings. The lowest BCUT2D eigenvalue weighted by atomic mass is 9.79. The quantitative estimate of drug-likeness (QED) is 0.0791. The number of para-hydroxylation sites is 6. The molecule has 0 spiro atoms. The van der Waals surface area contributed by atoms with E-state index in [4.69, 9.17) is 8.83 Å². The van der Waals surface area contributed by atoms with E-state index >= 15 is 0 Å². The van der Waals surface area contributed by atoms with Crippen molar-refractivity contribution in [2.45, 2.75) is 0 Å². The highest BCUT2D eigenvalue weighted by atomic mass is 79.9. The molecule has 10 nitrogen and oxygen atoms in total. The minimum Gasteiger partial charge on any atom is -0.456 e. The highest BCUT2D eigenvalue weighted by Crippen LogP contribution is 2.38. The number of hydrogen-bond acceptors (Lipinski definition) is 8. The zero-order valence-corrected chi connectivity index (χ0v) is 27.5. The van der Waals surface area contributed by atoms with Crippen LogP contribution in [0.5, 0.6) is 0 Å². The summed E-state index contributed by atoms with van der Waals surface area (Å²) in [6.07, 6.45) is 0. The lowest BCUT2D eigenvalue weighted by molar-refractivity contribution is -0.385. The topological polar surface area (TPSA) is 153 Å². The van der Waals surface area contributed by atoms with Gasteiger partial charge in [-0.05, 0) is 40.2 Å². The molecule has 8 rings (SSSR count). The largest absolute Gasteiger partial charge is 0.492 e. The van der Waals surface area contributed by atoms with Crippen LogP contribution >= 0.6 is 15.9 Å². The molecule has 6 aromatic carbocycles. The van der Waals surface area contributed by atoms with Crippen molar-refractivity contribution in [1.29, 1.82) is 0 Å². The summed E-state index contributed by atoms with van der Waals surface area (Å²) in [7, 11) is -1.51. The summed E-state index contributed by atoms with van der Waals surface area (Å²) in [6.45, 7) is 0. The maximum Gasteiger partial charge on any atom is 0.492 e. The normalized spacial score (nSPS) is 10.5. The average molecular weight is 718 g/mol. The molecule has 2 N–H and O–H groups in total. The molecule has 244 valence electrons. The minimum atomic E-state index is -1.51. The van der Waals surface area contributed by atoms with Crippen LogP contribution in [0.3, 0.4) is 0 Å². The van der Waals surface area contributed by atoms with Crippen LogP contribution in [0.1, 0.15) is 0 Å². The Bertz CT molecular complexity index is 2440. The molecule has 0 aliphatic carbocycles. The van der Waals surface area contributed by atoms with Gasteiger partial charge in [-0.15, -0.1) is 0 Å². The Hall–Kier alpha value is -5.82. The molecule has 0 atom stereocenters. The second kappa shape index (κ2) is 14.9. The van der Waals surface area contributed by atoms with Gasteiger partial charge in [-0.3, -0.25) is 20.2 Å². The zero-order chi connectivity index (χ0) is 33.8. The van der Waals surface area contributed by atoms with E-state index in [0.717, 1.165) is 38.3 Å².